The number of fused-ring (bicyclic) bond motifs is 1. The van der Waals surface area contributed by atoms with Gasteiger partial charge in [0.25, 0.3) is 0 Å². The molecule has 2 heteroatoms. The lowest BCUT2D eigenvalue weighted by atomic mass is 9.98. The third-order valence-corrected chi connectivity index (χ3v) is 5.48. The second-order valence-electron chi connectivity index (χ2n) is 6.85. The highest BCUT2D eigenvalue weighted by Gasteiger charge is 2.35. The molecule has 0 spiro atoms. The van der Waals surface area contributed by atoms with Crippen LogP contribution in [0.2, 0.25) is 0 Å². The molecule has 0 bridgehead atoms. The van der Waals surface area contributed by atoms with Crippen LogP contribution in [0.4, 0.5) is 0 Å². The number of hydrogen-bond acceptors (Lipinski definition) is 2. The van der Waals surface area contributed by atoms with Gasteiger partial charge in [-0.2, -0.15) is 0 Å². The van der Waals surface area contributed by atoms with Gasteiger partial charge in [-0.1, -0.05) is 30.7 Å². The molecular weight excluding hydrogens is 244 g/mol. The summed E-state index contributed by atoms with van der Waals surface area (Å²) in [5, 5.41) is 3.88. The van der Waals surface area contributed by atoms with E-state index >= 15 is 0 Å². The van der Waals surface area contributed by atoms with Crippen molar-refractivity contribution in [2.24, 2.45) is 0 Å². The molecule has 2 nitrogen and oxygen atoms in total. The molecule has 0 aromatic heterocycles. The minimum absolute atomic E-state index is 0.725. The molecule has 3 aliphatic rings. The van der Waals surface area contributed by atoms with Gasteiger partial charge in [-0.3, -0.25) is 4.90 Å². The van der Waals surface area contributed by atoms with Gasteiger partial charge < -0.3 is 5.32 Å². The maximum absolute atomic E-state index is 3.88. The summed E-state index contributed by atoms with van der Waals surface area (Å²) < 4.78 is 0. The Kier molecular flexibility index (Phi) is 3.53. The lowest BCUT2D eigenvalue weighted by Gasteiger charge is -2.32. The van der Waals surface area contributed by atoms with Gasteiger partial charge in [0, 0.05) is 25.2 Å². The smallest absolute Gasteiger partial charge is 0.0249 e. The predicted octanol–water partition coefficient (Wildman–Crippen LogP) is 3.28. The molecule has 108 valence electrons. The van der Waals surface area contributed by atoms with E-state index in [4.69, 9.17) is 0 Å². The van der Waals surface area contributed by atoms with Crippen LogP contribution in [0.3, 0.4) is 0 Å². The van der Waals surface area contributed by atoms with Crippen LogP contribution in [0.5, 0.6) is 0 Å². The lowest BCUT2D eigenvalue weighted by Crippen LogP contribution is -2.44. The summed E-state index contributed by atoms with van der Waals surface area (Å²) in [4.78, 5) is 2.72. The molecule has 2 unspecified atom stereocenters. The number of benzene rings is 1. The Morgan fingerprint density at radius 1 is 1.00 bits per heavy atom. The molecule has 3 fully saturated rings. The Labute approximate surface area is 122 Å². The molecule has 1 aromatic rings. The van der Waals surface area contributed by atoms with Crippen LogP contribution in [0.15, 0.2) is 24.3 Å². The van der Waals surface area contributed by atoms with E-state index in [9.17, 15) is 0 Å². The summed E-state index contributed by atoms with van der Waals surface area (Å²) in [6.45, 7) is 3.72. The molecule has 0 amide bonds. The first kappa shape index (κ1) is 12.8. The van der Waals surface area contributed by atoms with Crippen LogP contribution in [0, 0.1) is 0 Å². The van der Waals surface area contributed by atoms with Gasteiger partial charge in [0.05, 0.1) is 0 Å². The van der Waals surface area contributed by atoms with Crippen LogP contribution in [-0.2, 0) is 6.54 Å². The lowest BCUT2D eigenvalue weighted by molar-refractivity contribution is 0.180. The van der Waals surface area contributed by atoms with Gasteiger partial charge in [-0.05, 0) is 55.7 Å². The highest BCUT2D eigenvalue weighted by Crippen LogP contribution is 2.41. The summed E-state index contributed by atoms with van der Waals surface area (Å²) in [7, 11) is 0. The third kappa shape index (κ3) is 2.51. The molecule has 2 atom stereocenters. The molecule has 4 rings (SSSR count). The first-order valence-corrected chi connectivity index (χ1v) is 8.47. The largest absolute Gasteiger partial charge is 0.308 e. The third-order valence-electron chi connectivity index (χ3n) is 5.48. The molecule has 0 radical (unpaired) electrons. The summed E-state index contributed by atoms with van der Waals surface area (Å²) in [6, 6.07) is 10.6. The normalized spacial score (nSPS) is 30.4. The minimum Gasteiger partial charge on any atom is -0.308 e. The van der Waals surface area contributed by atoms with Crippen molar-refractivity contribution in [2.75, 3.05) is 13.1 Å². The van der Waals surface area contributed by atoms with Crippen LogP contribution in [0.1, 0.15) is 55.6 Å². The van der Waals surface area contributed by atoms with Crippen molar-refractivity contribution < 1.29 is 0 Å². The van der Waals surface area contributed by atoms with E-state index in [0.29, 0.717) is 0 Å². The Hall–Kier alpha value is -0.860. The van der Waals surface area contributed by atoms with Crippen LogP contribution < -0.4 is 5.32 Å². The van der Waals surface area contributed by atoms with Gasteiger partial charge in [-0.25, -0.2) is 0 Å². The average Bonchev–Trinajstić information content (AvgIpc) is 3.26. The van der Waals surface area contributed by atoms with Gasteiger partial charge in [0.2, 0.25) is 0 Å². The van der Waals surface area contributed by atoms with Crippen LogP contribution >= 0.6 is 0 Å². The zero-order valence-corrected chi connectivity index (χ0v) is 12.4. The van der Waals surface area contributed by atoms with Crippen molar-refractivity contribution >= 4 is 0 Å². The molecule has 20 heavy (non-hydrogen) atoms. The number of nitrogens with zero attached hydrogens (tertiary/aromatic N) is 1. The number of rotatable bonds is 4. The number of hydrogen-bond donors (Lipinski definition) is 1. The average molecular weight is 270 g/mol. The van der Waals surface area contributed by atoms with E-state index < -0.39 is 0 Å². The summed E-state index contributed by atoms with van der Waals surface area (Å²) in [5.74, 6) is 0.864. The summed E-state index contributed by atoms with van der Waals surface area (Å²) in [6.07, 6.45) is 8.39. The predicted molar refractivity (Wildman–Crippen MR) is 82.9 cm³/mol. The second kappa shape index (κ2) is 5.50. The molecular formula is C18H26N2. The van der Waals surface area contributed by atoms with Crippen molar-refractivity contribution in [3.05, 3.63) is 35.4 Å². The highest BCUT2D eigenvalue weighted by atomic mass is 15.2. The van der Waals surface area contributed by atoms with E-state index in [2.05, 4.69) is 34.5 Å². The fourth-order valence-electron chi connectivity index (χ4n) is 4.21. The Balaban J connectivity index is 1.40. The fourth-order valence-corrected chi connectivity index (χ4v) is 4.21. The highest BCUT2D eigenvalue weighted by molar-refractivity contribution is 5.33. The molecule has 2 saturated heterocycles. The maximum Gasteiger partial charge on any atom is 0.0249 e. The van der Waals surface area contributed by atoms with E-state index in [1.807, 2.05) is 0 Å². The summed E-state index contributed by atoms with van der Waals surface area (Å²) in [5.41, 5.74) is 3.16. The Bertz CT molecular complexity index is 466. The molecule has 1 aromatic carbocycles. The SMILES string of the molecule is c1ccc(C2CC2)c(CNC2CCN3CCCCC23)c1. The van der Waals surface area contributed by atoms with Crippen molar-refractivity contribution in [2.45, 2.75) is 63.1 Å². The van der Waals surface area contributed by atoms with E-state index in [1.54, 1.807) is 11.1 Å². The van der Waals surface area contributed by atoms with E-state index in [1.165, 1.54) is 51.6 Å². The molecule has 1 saturated carbocycles. The van der Waals surface area contributed by atoms with Gasteiger partial charge in [-0.15, -0.1) is 0 Å². The fraction of sp³-hybridized carbons (Fsp3) is 0.667. The quantitative estimate of drug-likeness (QED) is 0.903. The Morgan fingerprint density at radius 2 is 1.90 bits per heavy atom. The van der Waals surface area contributed by atoms with E-state index in [0.717, 1.165) is 24.5 Å². The maximum atomic E-state index is 3.88. The van der Waals surface area contributed by atoms with Crippen LogP contribution in [-0.4, -0.2) is 30.1 Å². The van der Waals surface area contributed by atoms with Crippen molar-refractivity contribution in [3.8, 4) is 0 Å². The molecule has 1 N–H and O–H groups in total. The van der Waals surface area contributed by atoms with E-state index in [-0.39, 0.29) is 0 Å². The van der Waals surface area contributed by atoms with Crippen molar-refractivity contribution in [1.82, 2.24) is 10.2 Å². The second-order valence-corrected chi connectivity index (χ2v) is 6.85. The zero-order chi connectivity index (χ0) is 13.4. The van der Waals surface area contributed by atoms with Crippen molar-refractivity contribution in [3.63, 3.8) is 0 Å². The summed E-state index contributed by atoms with van der Waals surface area (Å²) >= 11 is 0. The Morgan fingerprint density at radius 3 is 2.80 bits per heavy atom. The molecule has 2 aliphatic heterocycles. The monoisotopic (exact) mass is 270 g/mol. The van der Waals surface area contributed by atoms with Gasteiger partial charge in [0.15, 0.2) is 0 Å². The topological polar surface area (TPSA) is 15.3 Å². The van der Waals surface area contributed by atoms with Gasteiger partial charge >= 0.3 is 0 Å². The first-order chi connectivity index (χ1) is 9.92. The zero-order valence-electron chi connectivity index (χ0n) is 12.4. The molecule has 1 aliphatic carbocycles. The van der Waals surface area contributed by atoms with Crippen LogP contribution in [0.25, 0.3) is 0 Å². The van der Waals surface area contributed by atoms with Gasteiger partial charge in [0.1, 0.15) is 0 Å². The minimum atomic E-state index is 0.725. The molecule has 2 heterocycles. The van der Waals surface area contributed by atoms with Crippen molar-refractivity contribution in [1.29, 1.82) is 0 Å². The first-order valence-electron chi connectivity index (χ1n) is 8.47. The number of nitrogens with one attached hydrogen (secondary N) is 1. The standard InChI is InChI=1S/C18H26N2/c1-2-6-16(14-8-9-14)15(5-1)13-19-17-10-12-20-11-4-3-7-18(17)20/h1-2,5-6,14,17-19H,3-4,7-13H2. The number of piperidine rings is 1.